The molecule has 4 saturated carbocycles. The van der Waals surface area contributed by atoms with E-state index in [0.717, 1.165) is 38.5 Å². The summed E-state index contributed by atoms with van der Waals surface area (Å²) in [6, 6.07) is 0. The predicted molar refractivity (Wildman–Crippen MR) is 203 cm³/mol. The van der Waals surface area contributed by atoms with Crippen molar-refractivity contribution in [2.24, 2.45) is 50.2 Å². The minimum atomic E-state index is -1.97. The number of aliphatic hydroxyl groups excluding tert-OH is 6. The van der Waals surface area contributed by atoms with Crippen LogP contribution in [0.5, 0.6) is 0 Å². The number of carboxylic acids is 1. The first-order valence-electron chi connectivity index (χ1n) is 21.1. The van der Waals surface area contributed by atoms with Gasteiger partial charge in [-0.25, -0.2) is 4.79 Å². The summed E-state index contributed by atoms with van der Waals surface area (Å²) in [7, 11) is 1.45. The van der Waals surface area contributed by atoms with Crippen molar-refractivity contribution in [3.05, 3.63) is 11.6 Å². The predicted octanol–water partition coefficient (Wildman–Crippen LogP) is 2.24. The molecule has 2 saturated heterocycles. The van der Waals surface area contributed by atoms with E-state index in [1.54, 1.807) is 0 Å². The smallest absolute Gasteiger partial charge is 0.335 e. The standard InChI is InChI=1S/C43H66O15/c1-38(2)24-9-12-43(7)33(22(45)17-20-21-18-40(4,37(53)54-8)14-13-39(21,3)15-16-42(20,43)6)41(24,5)11-10-25(38)56-36-30(50)31(26(46)23(19-44)55-36)57-35-29(49)27(47)28(48)32(58-35)34(51)52/h17,21,23-33,35-36,44,46-50H,9-16,18-19H2,1-8H3,(H,51,52)/t21-,23-,24+,25+,26-,27+,28+,29-,30-,31+,32+,33-,35-,36+,39-,40+,41+,42-,43-/m1/s1. The fraction of sp³-hybridized carbons (Fsp3) is 0.884. The van der Waals surface area contributed by atoms with Crippen molar-refractivity contribution in [1.29, 1.82) is 0 Å². The number of methoxy groups -OCH3 is 1. The zero-order valence-electron chi connectivity index (χ0n) is 35.1. The molecule has 2 heterocycles. The lowest BCUT2D eigenvalue weighted by Gasteiger charge is -2.70. The van der Waals surface area contributed by atoms with Crippen LogP contribution in [0.3, 0.4) is 0 Å². The number of hydrogen-bond acceptors (Lipinski definition) is 14. The van der Waals surface area contributed by atoms with Crippen molar-refractivity contribution >= 4 is 17.7 Å². The lowest BCUT2D eigenvalue weighted by Crippen LogP contribution is -2.68. The normalized spacial score (nSPS) is 52.6. The maximum atomic E-state index is 14.9. The molecule has 0 spiro atoms. The van der Waals surface area contributed by atoms with E-state index in [0.29, 0.717) is 19.3 Å². The van der Waals surface area contributed by atoms with Crippen molar-refractivity contribution in [3.63, 3.8) is 0 Å². The molecule has 15 nitrogen and oxygen atoms in total. The first kappa shape index (κ1) is 44.0. The van der Waals surface area contributed by atoms with Crippen LogP contribution in [0, 0.1) is 50.2 Å². The number of hydrogen-bond donors (Lipinski definition) is 7. The van der Waals surface area contributed by atoms with Crippen LogP contribution in [-0.4, -0.2) is 135 Å². The van der Waals surface area contributed by atoms with Crippen LogP contribution in [0.1, 0.15) is 106 Å². The molecule has 0 radical (unpaired) electrons. The number of esters is 1. The van der Waals surface area contributed by atoms with E-state index < -0.39 is 96.3 Å². The highest BCUT2D eigenvalue weighted by atomic mass is 16.7. The molecule has 19 atom stereocenters. The molecule has 15 heteroatoms. The quantitative estimate of drug-likeness (QED) is 0.144. The van der Waals surface area contributed by atoms with Gasteiger partial charge in [-0.15, -0.1) is 0 Å². The molecule has 0 amide bonds. The molecule has 0 aromatic rings. The summed E-state index contributed by atoms with van der Waals surface area (Å²) in [5.41, 5.74) is -0.964. The van der Waals surface area contributed by atoms with Gasteiger partial charge in [0.1, 0.15) is 42.7 Å². The number of carbonyl (C=O) groups is 3. The molecular formula is C43H66O15. The van der Waals surface area contributed by atoms with E-state index in [1.807, 2.05) is 13.0 Å². The second kappa shape index (κ2) is 14.8. The average molecular weight is 823 g/mol. The molecule has 0 unspecified atom stereocenters. The van der Waals surface area contributed by atoms with Gasteiger partial charge in [0.25, 0.3) is 0 Å². The van der Waals surface area contributed by atoms with E-state index in [4.69, 9.17) is 23.7 Å². The molecule has 58 heavy (non-hydrogen) atoms. The zero-order valence-corrected chi connectivity index (χ0v) is 35.1. The molecule has 0 aromatic carbocycles. The van der Waals surface area contributed by atoms with Crippen LogP contribution in [0.25, 0.3) is 0 Å². The van der Waals surface area contributed by atoms with Crippen LogP contribution in [0.4, 0.5) is 0 Å². The van der Waals surface area contributed by atoms with Crippen molar-refractivity contribution in [3.8, 4) is 0 Å². The van der Waals surface area contributed by atoms with E-state index in [-0.39, 0.29) is 45.8 Å². The highest BCUT2D eigenvalue weighted by Crippen LogP contribution is 2.75. The number of carbonyl (C=O) groups excluding carboxylic acids is 2. The lowest BCUT2D eigenvalue weighted by molar-refractivity contribution is -0.366. The summed E-state index contributed by atoms with van der Waals surface area (Å²) >= 11 is 0. The Morgan fingerprint density at radius 1 is 0.793 bits per heavy atom. The summed E-state index contributed by atoms with van der Waals surface area (Å²) in [5.74, 6) is -1.82. The number of allylic oxidation sites excluding steroid dienone is 2. The van der Waals surface area contributed by atoms with E-state index in [9.17, 15) is 50.1 Å². The monoisotopic (exact) mass is 822 g/mol. The third kappa shape index (κ3) is 6.38. The highest BCUT2D eigenvalue weighted by Gasteiger charge is 2.71. The fourth-order valence-corrected chi connectivity index (χ4v) is 13.6. The molecule has 0 bridgehead atoms. The van der Waals surface area contributed by atoms with Crippen molar-refractivity contribution < 1.29 is 73.8 Å². The number of aliphatic carboxylic acids is 1. The van der Waals surface area contributed by atoms with Crippen LogP contribution >= 0.6 is 0 Å². The van der Waals surface area contributed by atoms with Gasteiger partial charge in [0.2, 0.25) is 0 Å². The number of ether oxygens (including phenoxy) is 5. The number of aliphatic hydroxyl groups is 6. The summed E-state index contributed by atoms with van der Waals surface area (Å²) in [6.07, 6.45) is -8.97. The number of rotatable bonds is 7. The van der Waals surface area contributed by atoms with Crippen molar-refractivity contribution in [1.82, 2.24) is 0 Å². The van der Waals surface area contributed by atoms with E-state index in [2.05, 4.69) is 41.5 Å². The van der Waals surface area contributed by atoms with Gasteiger partial charge in [0.05, 0.1) is 25.2 Å². The Labute approximate surface area is 340 Å². The minimum Gasteiger partial charge on any atom is -0.479 e. The Bertz CT molecular complexity index is 1670. The van der Waals surface area contributed by atoms with Gasteiger partial charge < -0.3 is 59.4 Å². The van der Waals surface area contributed by atoms with E-state index >= 15 is 0 Å². The van der Waals surface area contributed by atoms with Crippen LogP contribution < -0.4 is 0 Å². The van der Waals surface area contributed by atoms with Crippen molar-refractivity contribution in [2.45, 2.75) is 174 Å². The lowest BCUT2D eigenvalue weighted by atomic mass is 9.33. The largest absolute Gasteiger partial charge is 0.479 e. The van der Waals surface area contributed by atoms with Crippen LogP contribution in [0.2, 0.25) is 0 Å². The summed E-state index contributed by atoms with van der Waals surface area (Å²) in [4.78, 5) is 39.7. The summed E-state index contributed by atoms with van der Waals surface area (Å²) in [6.45, 7) is 14.8. The van der Waals surface area contributed by atoms with Gasteiger partial charge in [-0.05, 0) is 110 Å². The van der Waals surface area contributed by atoms with Gasteiger partial charge in [-0.1, -0.05) is 47.1 Å². The Morgan fingerprint density at radius 3 is 2.09 bits per heavy atom. The zero-order chi connectivity index (χ0) is 42.7. The van der Waals surface area contributed by atoms with Gasteiger partial charge in [0.15, 0.2) is 24.5 Å². The Hall–Kier alpha value is -2.05. The Morgan fingerprint density at radius 2 is 1.45 bits per heavy atom. The average Bonchev–Trinajstić information content (AvgIpc) is 3.16. The van der Waals surface area contributed by atoms with E-state index in [1.165, 1.54) is 12.7 Å². The molecule has 0 aromatic heterocycles. The first-order valence-corrected chi connectivity index (χ1v) is 21.1. The molecule has 7 N–H and O–H groups in total. The topological polar surface area (TPSA) is 239 Å². The molecule has 7 aliphatic rings. The number of fused-ring (bicyclic) bond motifs is 7. The van der Waals surface area contributed by atoms with Crippen molar-refractivity contribution in [2.75, 3.05) is 13.7 Å². The Balaban J connectivity index is 1.13. The molecule has 2 aliphatic heterocycles. The van der Waals surface area contributed by atoms with Gasteiger partial charge in [-0.3, -0.25) is 9.59 Å². The fourth-order valence-electron chi connectivity index (χ4n) is 13.6. The molecule has 328 valence electrons. The summed E-state index contributed by atoms with van der Waals surface area (Å²) < 4.78 is 28.8. The van der Waals surface area contributed by atoms with Crippen LogP contribution in [-0.2, 0) is 38.1 Å². The first-order chi connectivity index (χ1) is 26.9. The SMILES string of the molecule is COC(=O)[C@@]1(C)CC[C@]2(C)CC[C@]3(C)C(=CC(=O)[C@@H]4[C@@]5(C)CC[C@H](O[C@@H]6O[C@H](CO)[C@@H](O)[C@H](O[C@@H]7O[C@H](C(=O)O)[C@@H](O)[C@H](O)[C@H]7O)[C@H]6O)C(C)(C)[C@@H]5CC[C@]43C)[C@H]2C1. The Kier molecular flexibility index (Phi) is 11.2. The maximum Gasteiger partial charge on any atom is 0.335 e. The third-order valence-electron chi connectivity index (χ3n) is 17.4. The van der Waals surface area contributed by atoms with Gasteiger partial charge >= 0.3 is 11.9 Å². The maximum absolute atomic E-state index is 14.9. The third-order valence-corrected chi connectivity index (χ3v) is 17.4. The second-order valence-corrected chi connectivity index (χ2v) is 20.8. The number of carboxylic acid groups (broad SMARTS) is 1. The number of ketones is 1. The molecule has 7 rings (SSSR count). The van der Waals surface area contributed by atoms with Crippen LogP contribution in [0.15, 0.2) is 11.6 Å². The molecule has 5 aliphatic carbocycles. The molecule has 6 fully saturated rings. The second-order valence-electron chi connectivity index (χ2n) is 20.8. The highest BCUT2D eigenvalue weighted by molar-refractivity contribution is 5.95. The molecular weight excluding hydrogens is 756 g/mol. The van der Waals surface area contributed by atoms with Gasteiger partial charge in [0, 0.05) is 5.92 Å². The van der Waals surface area contributed by atoms with Gasteiger partial charge in [-0.2, -0.15) is 0 Å². The minimum absolute atomic E-state index is 0.00436. The summed E-state index contributed by atoms with van der Waals surface area (Å²) in [5, 5.41) is 73.4.